The predicted octanol–water partition coefficient (Wildman–Crippen LogP) is 5.07. The molecule has 0 aliphatic rings. The van der Waals surface area contributed by atoms with Gasteiger partial charge in [-0.2, -0.15) is 0 Å². The Balaban J connectivity index is 1.50. The highest BCUT2D eigenvalue weighted by atomic mass is 16.6. The number of rotatable bonds is 14. The van der Waals surface area contributed by atoms with Crippen molar-refractivity contribution < 1.29 is 24.2 Å². The number of imidazole rings is 1. The number of nitrogens with zero attached hydrogens (tertiary/aromatic N) is 1. The van der Waals surface area contributed by atoms with Crippen LogP contribution in [-0.4, -0.2) is 56.8 Å². The average molecular weight is 642 g/mol. The molecular weight excluding hydrogens is 594 g/mol. The minimum absolute atomic E-state index is 0.0411. The van der Waals surface area contributed by atoms with Crippen LogP contribution in [0.5, 0.6) is 0 Å². The highest BCUT2D eigenvalue weighted by Gasteiger charge is 2.33. The van der Waals surface area contributed by atoms with E-state index in [1.807, 2.05) is 98.8 Å². The molecule has 250 valence electrons. The molecule has 0 saturated carbocycles. The largest absolute Gasteiger partial charge is 0.444 e. The first-order valence-electron chi connectivity index (χ1n) is 16.1. The molecule has 5 N–H and O–H groups in total. The number of aliphatic hydroxyl groups is 1. The zero-order chi connectivity index (χ0) is 34.0. The summed E-state index contributed by atoms with van der Waals surface area (Å²) >= 11 is 0. The van der Waals surface area contributed by atoms with Crippen molar-refractivity contribution in [2.45, 2.75) is 84.2 Å². The maximum absolute atomic E-state index is 14.0. The van der Waals surface area contributed by atoms with E-state index in [4.69, 9.17) is 4.74 Å². The van der Waals surface area contributed by atoms with Gasteiger partial charge in [-0.15, -0.1) is 0 Å². The summed E-state index contributed by atoms with van der Waals surface area (Å²) in [6, 6.07) is 25.1. The van der Waals surface area contributed by atoms with Gasteiger partial charge < -0.3 is 30.8 Å². The van der Waals surface area contributed by atoms with Crippen molar-refractivity contribution >= 4 is 28.9 Å². The second-order valence-electron chi connectivity index (χ2n) is 13.3. The Labute approximate surface area is 276 Å². The van der Waals surface area contributed by atoms with Crippen molar-refractivity contribution in [1.29, 1.82) is 0 Å². The van der Waals surface area contributed by atoms with Crippen LogP contribution in [0.25, 0.3) is 11.0 Å². The zero-order valence-corrected chi connectivity index (χ0v) is 27.8. The molecule has 10 heteroatoms. The van der Waals surface area contributed by atoms with E-state index in [-0.39, 0.29) is 30.7 Å². The molecule has 0 radical (unpaired) electrons. The minimum Gasteiger partial charge on any atom is -0.444 e. The topological polar surface area (TPSA) is 145 Å². The molecule has 0 saturated heterocycles. The van der Waals surface area contributed by atoms with E-state index in [1.54, 1.807) is 20.8 Å². The third kappa shape index (κ3) is 11.0. The molecule has 0 fully saturated rings. The van der Waals surface area contributed by atoms with Crippen molar-refractivity contribution in [3.8, 4) is 0 Å². The Kier molecular flexibility index (Phi) is 12.1. The smallest absolute Gasteiger partial charge is 0.407 e. The van der Waals surface area contributed by atoms with Crippen LogP contribution < -0.4 is 16.0 Å². The third-order valence-corrected chi connectivity index (χ3v) is 7.80. The molecule has 4 atom stereocenters. The molecular formula is C37H47N5O5. The van der Waals surface area contributed by atoms with E-state index in [0.29, 0.717) is 18.7 Å². The summed E-state index contributed by atoms with van der Waals surface area (Å²) < 4.78 is 5.49. The number of benzene rings is 3. The van der Waals surface area contributed by atoms with Gasteiger partial charge in [0.25, 0.3) is 0 Å². The van der Waals surface area contributed by atoms with Gasteiger partial charge >= 0.3 is 6.09 Å². The molecule has 47 heavy (non-hydrogen) atoms. The standard InChI is InChI=1S/C37H47N5O5/c1-24(2)33(35(45)38-23-32-39-28-18-12-13-19-29(28)40-32)42-34(44)27(20-25-14-8-6-9-15-25)22-31(43)30(21-26-16-10-7-11-17-26)41-36(46)47-37(3,4)5/h6-19,24,27,30-31,33,43H,20-23H2,1-5H3,(H,38,45)(H,39,40)(H,41,46)(H,42,44)/t27-,30+,31+,33+/m1/s1. The van der Waals surface area contributed by atoms with Gasteiger partial charge in [0.2, 0.25) is 11.8 Å². The van der Waals surface area contributed by atoms with Crippen LogP contribution in [0.1, 0.15) is 58.0 Å². The fraction of sp³-hybridized carbons (Fsp3) is 0.405. The Morgan fingerprint density at radius 2 is 1.43 bits per heavy atom. The highest BCUT2D eigenvalue weighted by molar-refractivity contribution is 5.89. The minimum atomic E-state index is -1.10. The highest BCUT2D eigenvalue weighted by Crippen LogP contribution is 2.20. The number of aromatic nitrogens is 2. The summed E-state index contributed by atoms with van der Waals surface area (Å²) in [6.07, 6.45) is -1.04. The lowest BCUT2D eigenvalue weighted by Gasteiger charge is -2.30. The molecule has 4 rings (SSSR count). The fourth-order valence-electron chi connectivity index (χ4n) is 5.42. The van der Waals surface area contributed by atoms with E-state index in [2.05, 4.69) is 25.9 Å². The van der Waals surface area contributed by atoms with Crippen molar-refractivity contribution in [3.63, 3.8) is 0 Å². The molecule has 0 spiro atoms. The lowest BCUT2D eigenvalue weighted by atomic mass is 9.88. The predicted molar refractivity (Wildman–Crippen MR) is 182 cm³/mol. The summed E-state index contributed by atoms with van der Waals surface area (Å²) in [5.74, 6) is -0.991. The summed E-state index contributed by atoms with van der Waals surface area (Å²) in [7, 11) is 0. The van der Waals surface area contributed by atoms with Gasteiger partial charge in [-0.05, 0) is 69.2 Å². The van der Waals surface area contributed by atoms with Crippen LogP contribution in [0.3, 0.4) is 0 Å². The van der Waals surface area contributed by atoms with Crippen LogP contribution >= 0.6 is 0 Å². The van der Waals surface area contributed by atoms with Gasteiger partial charge in [-0.1, -0.05) is 86.6 Å². The average Bonchev–Trinajstić information content (AvgIpc) is 3.45. The van der Waals surface area contributed by atoms with Crippen molar-refractivity contribution in [3.05, 3.63) is 102 Å². The number of carbonyl (C=O) groups excluding carboxylic acids is 3. The number of aliphatic hydroxyl groups excluding tert-OH is 1. The first-order chi connectivity index (χ1) is 22.4. The fourth-order valence-corrected chi connectivity index (χ4v) is 5.42. The molecule has 1 heterocycles. The number of hydrogen-bond acceptors (Lipinski definition) is 6. The summed E-state index contributed by atoms with van der Waals surface area (Å²) in [5, 5.41) is 20.3. The van der Waals surface area contributed by atoms with Gasteiger partial charge in [0.05, 0.1) is 29.7 Å². The lowest BCUT2D eigenvalue weighted by Crippen LogP contribution is -2.52. The van der Waals surface area contributed by atoms with Gasteiger partial charge in [0, 0.05) is 5.92 Å². The Hall–Kier alpha value is -4.70. The first kappa shape index (κ1) is 35.2. The number of amides is 3. The number of carbonyl (C=O) groups is 3. The number of aromatic amines is 1. The monoisotopic (exact) mass is 641 g/mol. The maximum atomic E-state index is 14.0. The van der Waals surface area contributed by atoms with Crippen LogP contribution in [0, 0.1) is 11.8 Å². The molecule has 10 nitrogen and oxygen atoms in total. The van der Waals surface area contributed by atoms with Crippen LogP contribution in [0.15, 0.2) is 84.9 Å². The SMILES string of the molecule is CC(C)[C@H](NC(=O)[C@H](Cc1ccccc1)C[C@H](O)[C@H](Cc1ccccc1)NC(=O)OC(C)(C)C)C(=O)NCc1nc2ccccc2[nH]1. The molecule has 4 aromatic rings. The normalized spacial score (nSPS) is 14.2. The zero-order valence-electron chi connectivity index (χ0n) is 27.8. The molecule has 0 bridgehead atoms. The van der Waals surface area contributed by atoms with E-state index >= 15 is 0 Å². The second kappa shape index (κ2) is 16.2. The first-order valence-corrected chi connectivity index (χ1v) is 16.1. The number of alkyl carbamates (subject to hydrolysis) is 1. The molecule has 0 aliphatic carbocycles. The number of nitrogens with one attached hydrogen (secondary N) is 4. The summed E-state index contributed by atoms with van der Waals surface area (Å²) in [4.78, 5) is 47.9. The number of hydrogen-bond donors (Lipinski definition) is 5. The molecule has 0 aliphatic heterocycles. The van der Waals surface area contributed by atoms with Crippen molar-refractivity contribution in [2.24, 2.45) is 11.8 Å². The van der Waals surface area contributed by atoms with Gasteiger partial charge in [0.1, 0.15) is 17.5 Å². The Morgan fingerprint density at radius 1 is 0.830 bits per heavy atom. The van der Waals surface area contributed by atoms with Crippen molar-refractivity contribution in [2.75, 3.05) is 0 Å². The summed E-state index contributed by atoms with van der Waals surface area (Å²) in [5.41, 5.74) is 2.78. The number of H-pyrrole nitrogens is 1. The quantitative estimate of drug-likeness (QED) is 0.130. The third-order valence-electron chi connectivity index (χ3n) is 7.80. The van der Waals surface area contributed by atoms with E-state index in [0.717, 1.165) is 22.2 Å². The van der Waals surface area contributed by atoms with E-state index in [9.17, 15) is 19.5 Å². The van der Waals surface area contributed by atoms with Crippen LogP contribution in [0.2, 0.25) is 0 Å². The van der Waals surface area contributed by atoms with Gasteiger partial charge in [0.15, 0.2) is 0 Å². The number of para-hydroxylation sites is 2. The molecule has 3 amide bonds. The number of ether oxygens (including phenoxy) is 1. The Morgan fingerprint density at radius 3 is 2.02 bits per heavy atom. The molecule has 3 aromatic carbocycles. The lowest BCUT2D eigenvalue weighted by molar-refractivity contribution is -0.132. The van der Waals surface area contributed by atoms with Crippen LogP contribution in [0.4, 0.5) is 4.79 Å². The maximum Gasteiger partial charge on any atom is 0.407 e. The van der Waals surface area contributed by atoms with Gasteiger partial charge in [-0.25, -0.2) is 9.78 Å². The van der Waals surface area contributed by atoms with E-state index < -0.39 is 35.8 Å². The summed E-state index contributed by atoms with van der Waals surface area (Å²) in [6.45, 7) is 9.23. The molecule has 1 aromatic heterocycles. The van der Waals surface area contributed by atoms with E-state index in [1.165, 1.54) is 0 Å². The second-order valence-corrected chi connectivity index (χ2v) is 13.3. The number of fused-ring (bicyclic) bond motifs is 1. The Bertz CT molecular complexity index is 1570. The van der Waals surface area contributed by atoms with Crippen molar-refractivity contribution in [1.82, 2.24) is 25.9 Å². The van der Waals surface area contributed by atoms with Crippen LogP contribution in [-0.2, 0) is 33.7 Å². The van der Waals surface area contributed by atoms with Gasteiger partial charge in [-0.3, -0.25) is 9.59 Å². The molecule has 0 unspecified atom stereocenters.